The average molecular weight is 843 g/mol. The molecule has 0 bridgehead atoms. The van der Waals surface area contributed by atoms with Crippen LogP contribution in [-0.4, -0.2) is 39.0 Å². The molecule has 8 heteroatoms. The monoisotopic (exact) mass is 842 g/mol. The van der Waals surface area contributed by atoms with Gasteiger partial charge in [-0.15, -0.1) is 0 Å². The lowest BCUT2D eigenvalue weighted by Gasteiger charge is -2.16. The minimum atomic E-state index is 0.672. The summed E-state index contributed by atoms with van der Waals surface area (Å²) >= 11 is 0. The molecule has 0 saturated heterocycles. The van der Waals surface area contributed by atoms with E-state index in [2.05, 4.69) is 130 Å². The van der Waals surface area contributed by atoms with E-state index in [1.165, 1.54) is 10.8 Å². The summed E-state index contributed by atoms with van der Waals surface area (Å²) in [6, 6.07) is 63.3. The minimum Gasteiger partial charge on any atom is -0.290 e. The number of rotatable bonds is 6. The van der Waals surface area contributed by atoms with Crippen molar-refractivity contribution in [2.24, 2.45) is 0 Å². The number of hydrogen-bond donors (Lipinski definition) is 0. The normalized spacial score (nSPS) is 11.9. The van der Waals surface area contributed by atoms with Gasteiger partial charge in [0.1, 0.15) is 11.3 Å². The summed E-state index contributed by atoms with van der Waals surface area (Å²) in [5.74, 6) is 1.34. The van der Waals surface area contributed by atoms with E-state index in [1.807, 2.05) is 85.5 Å². The van der Waals surface area contributed by atoms with E-state index < -0.39 is 0 Å². The maximum atomic E-state index is 5.27. The lowest BCUT2D eigenvalue weighted by Crippen LogP contribution is -2.03. The summed E-state index contributed by atoms with van der Waals surface area (Å²) in [6.45, 7) is 0. The van der Waals surface area contributed by atoms with Crippen LogP contribution in [0.5, 0.6) is 0 Å². The average Bonchev–Trinajstić information content (AvgIpc) is 3.91. The quantitative estimate of drug-likeness (QED) is 0.155. The fraction of sp³-hybridized carbons (Fsp3) is 0. The fourth-order valence-electron chi connectivity index (χ4n) is 10.2. The molecule has 66 heavy (non-hydrogen) atoms. The molecule has 0 spiro atoms. The first-order chi connectivity index (χ1) is 32.8. The highest BCUT2D eigenvalue weighted by atomic mass is 15.1. The van der Waals surface area contributed by atoms with Gasteiger partial charge in [-0.1, -0.05) is 146 Å². The van der Waals surface area contributed by atoms with Gasteiger partial charge in [-0.2, -0.15) is 0 Å². The third-order valence-electron chi connectivity index (χ3n) is 13.1. The second-order valence-electron chi connectivity index (χ2n) is 16.7. The van der Waals surface area contributed by atoms with E-state index in [4.69, 9.17) is 29.9 Å². The van der Waals surface area contributed by atoms with Gasteiger partial charge in [-0.3, -0.25) is 9.13 Å². The van der Waals surface area contributed by atoms with Crippen molar-refractivity contribution in [2.75, 3.05) is 0 Å². The first-order valence-corrected chi connectivity index (χ1v) is 22.0. The molecule has 0 saturated carbocycles. The largest absolute Gasteiger partial charge is 0.290 e. The first kappa shape index (κ1) is 36.4. The van der Waals surface area contributed by atoms with Crippen molar-refractivity contribution >= 4 is 76.2 Å². The van der Waals surface area contributed by atoms with E-state index >= 15 is 0 Å². The molecule has 0 aliphatic carbocycles. The summed E-state index contributed by atoms with van der Waals surface area (Å²) in [6.07, 6.45) is 7.66. The van der Waals surface area contributed by atoms with Crippen molar-refractivity contribution in [2.45, 2.75) is 0 Å². The van der Waals surface area contributed by atoms with Crippen LogP contribution < -0.4 is 0 Å². The molecule has 0 aliphatic rings. The third-order valence-corrected chi connectivity index (χ3v) is 13.1. The molecule has 0 radical (unpaired) electrons. The lowest BCUT2D eigenvalue weighted by molar-refractivity contribution is 1.07. The van der Waals surface area contributed by atoms with Gasteiger partial charge >= 0.3 is 0 Å². The molecule has 0 aliphatic heterocycles. The minimum absolute atomic E-state index is 0.672. The molecule has 0 fully saturated rings. The Bertz CT molecular complexity index is 3930. The maximum absolute atomic E-state index is 5.27. The van der Waals surface area contributed by atoms with Gasteiger partial charge in [-0.05, 0) is 68.7 Å². The van der Waals surface area contributed by atoms with Crippen LogP contribution in [0, 0.1) is 0 Å². The Kier molecular flexibility index (Phi) is 7.81. The predicted octanol–water partition coefficient (Wildman–Crippen LogP) is 13.8. The molecule has 306 valence electrons. The molecule has 0 unspecified atom stereocenters. The zero-order chi connectivity index (χ0) is 43.3. The van der Waals surface area contributed by atoms with Crippen LogP contribution in [0.1, 0.15) is 0 Å². The van der Waals surface area contributed by atoms with Crippen molar-refractivity contribution in [1.29, 1.82) is 0 Å². The topological polar surface area (TPSA) is 87.2 Å². The predicted molar refractivity (Wildman–Crippen MR) is 267 cm³/mol. The van der Waals surface area contributed by atoms with E-state index in [-0.39, 0.29) is 0 Å². The molecule has 0 N–H and O–H groups in total. The molecule has 14 rings (SSSR count). The number of benzene rings is 8. The van der Waals surface area contributed by atoms with Crippen LogP contribution in [0.4, 0.5) is 0 Å². The molecule has 8 nitrogen and oxygen atoms in total. The molecule has 6 aromatic heterocycles. The van der Waals surface area contributed by atoms with E-state index in [0.717, 1.165) is 110 Å². The smallest absolute Gasteiger partial charge is 0.159 e. The van der Waals surface area contributed by atoms with Crippen LogP contribution in [0.3, 0.4) is 0 Å². The first-order valence-electron chi connectivity index (χ1n) is 22.0. The van der Waals surface area contributed by atoms with Crippen LogP contribution in [0.25, 0.3) is 133 Å². The van der Waals surface area contributed by atoms with Crippen LogP contribution in [0.2, 0.25) is 0 Å². The number of fused-ring (bicyclic) bond motifs is 8. The number of aromatic nitrogens is 8. The summed E-state index contributed by atoms with van der Waals surface area (Å²) in [4.78, 5) is 30.7. The van der Waals surface area contributed by atoms with Crippen LogP contribution in [0.15, 0.2) is 207 Å². The second-order valence-corrected chi connectivity index (χ2v) is 16.7. The summed E-state index contributed by atoms with van der Waals surface area (Å²) < 4.78 is 4.51. The SMILES string of the molecule is c1ccc(-c2ncc(-n3c4cc5ccc6c7c(ccc(c57)c4c4cccnc43)cc3c6c4cccnc4n3-c3cnc(-c4ccccc4)nc3-c3ccccc3)c(-c3ccccc3)n2)cc1. The van der Waals surface area contributed by atoms with Crippen molar-refractivity contribution in [3.05, 3.63) is 207 Å². The Labute approximate surface area is 377 Å². The van der Waals surface area contributed by atoms with Gasteiger partial charge in [0, 0.05) is 56.2 Å². The Balaban J connectivity index is 1.05. The molecule has 14 aromatic rings. The molecular formula is C58H34N8. The molecule has 0 atom stereocenters. The zero-order valence-corrected chi connectivity index (χ0v) is 35.2. The van der Waals surface area contributed by atoms with Gasteiger partial charge in [0.05, 0.1) is 46.2 Å². The number of pyridine rings is 2. The van der Waals surface area contributed by atoms with Gasteiger partial charge in [0.15, 0.2) is 11.6 Å². The fourth-order valence-corrected chi connectivity index (χ4v) is 10.2. The Morgan fingerprint density at radius 3 is 1.12 bits per heavy atom. The highest BCUT2D eigenvalue weighted by Crippen LogP contribution is 2.47. The van der Waals surface area contributed by atoms with Gasteiger partial charge in [-0.25, -0.2) is 29.9 Å². The Morgan fingerprint density at radius 2 is 0.712 bits per heavy atom. The third kappa shape index (κ3) is 5.33. The van der Waals surface area contributed by atoms with Gasteiger partial charge in [0.2, 0.25) is 0 Å². The van der Waals surface area contributed by atoms with Gasteiger partial charge < -0.3 is 0 Å². The number of hydrogen-bond acceptors (Lipinski definition) is 6. The van der Waals surface area contributed by atoms with Gasteiger partial charge in [0.25, 0.3) is 0 Å². The van der Waals surface area contributed by atoms with Crippen LogP contribution in [-0.2, 0) is 0 Å². The lowest BCUT2D eigenvalue weighted by atomic mass is 9.90. The van der Waals surface area contributed by atoms with E-state index in [1.54, 1.807) is 0 Å². The van der Waals surface area contributed by atoms with E-state index in [0.29, 0.717) is 11.6 Å². The summed E-state index contributed by atoms with van der Waals surface area (Å²) in [7, 11) is 0. The van der Waals surface area contributed by atoms with Crippen LogP contribution >= 0.6 is 0 Å². The Morgan fingerprint density at radius 1 is 0.318 bits per heavy atom. The Hall–Kier alpha value is -9.14. The van der Waals surface area contributed by atoms with E-state index in [9.17, 15) is 0 Å². The number of nitrogens with zero attached hydrogens (tertiary/aromatic N) is 8. The molecule has 6 heterocycles. The van der Waals surface area contributed by atoms with Crippen molar-refractivity contribution in [3.8, 4) is 56.7 Å². The highest BCUT2D eigenvalue weighted by molar-refractivity contribution is 6.37. The molecule has 8 aromatic carbocycles. The zero-order valence-electron chi connectivity index (χ0n) is 35.2. The van der Waals surface area contributed by atoms with Crippen molar-refractivity contribution < 1.29 is 0 Å². The standard InChI is InChI=1S/C58H34N8/c1-5-15-35(16-6-1)53-47(33-61-55(63-53)37-19-9-3-10-20-37)65-45-31-39-25-28-42-50-40(26-27-41(49(39)50)51(45)43-23-13-29-59-57(43)65)32-46-52(42)44-24-14-30-60-58(44)66(46)48-34-62-56(38-21-11-4-12-22-38)64-54(48)36-17-7-2-8-18-36/h1-34H. The maximum Gasteiger partial charge on any atom is 0.159 e. The molecular weight excluding hydrogens is 809 g/mol. The van der Waals surface area contributed by atoms with Crippen molar-refractivity contribution in [1.82, 2.24) is 39.0 Å². The second kappa shape index (κ2) is 14.2. The van der Waals surface area contributed by atoms with Crippen molar-refractivity contribution in [3.63, 3.8) is 0 Å². The summed E-state index contributed by atoms with van der Waals surface area (Å²) in [5.41, 5.74) is 11.1. The summed E-state index contributed by atoms with van der Waals surface area (Å²) in [5, 5.41) is 11.4. The highest BCUT2D eigenvalue weighted by Gasteiger charge is 2.26. The molecule has 0 amide bonds.